The highest BCUT2D eigenvalue weighted by Crippen LogP contribution is 2.15. The molecule has 3 heteroatoms. The third kappa shape index (κ3) is 4.68. The Hall–Kier alpha value is -1.84. The minimum absolute atomic E-state index is 0.242. The van der Waals surface area contributed by atoms with Gasteiger partial charge >= 0.3 is 0 Å². The highest BCUT2D eigenvalue weighted by atomic mass is 16.5. The minimum Gasteiger partial charge on any atom is -0.491 e. The van der Waals surface area contributed by atoms with E-state index in [1.807, 2.05) is 42.5 Å². The Kier molecular flexibility index (Phi) is 5.59. The molecule has 0 radical (unpaired) electrons. The Balaban J connectivity index is 1.87. The number of methoxy groups -OCH3 is 1. The molecular weight excluding hydrogens is 252 g/mol. The van der Waals surface area contributed by atoms with E-state index in [1.54, 1.807) is 7.11 Å². The van der Waals surface area contributed by atoms with Crippen LogP contribution in [0.25, 0.3) is 0 Å². The van der Waals surface area contributed by atoms with Crippen molar-refractivity contribution in [2.24, 2.45) is 0 Å². The summed E-state index contributed by atoms with van der Waals surface area (Å²) in [5, 5.41) is 9.51. The molecule has 0 amide bonds. The first-order chi connectivity index (χ1) is 9.78. The molecule has 1 unspecified atom stereocenters. The van der Waals surface area contributed by atoms with E-state index < -0.39 is 6.10 Å². The fraction of sp³-hybridized carbons (Fsp3) is 0.294. The Morgan fingerprint density at radius 2 is 1.55 bits per heavy atom. The van der Waals surface area contributed by atoms with E-state index in [1.165, 1.54) is 11.1 Å². The lowest BCUT2D eigenvalue weighted by Gasteiger charge is -2.11. The SMILES string of the molecule is COCC(O)COc1ccc(Cc2ccccc2)cc1. The van der Waals surface area contributed by atoms with Crippen molar-refractivity contribution in [3.05, 3.63) is 65.7 Å². The molecule has 0 saturated carbocycles. The molecule has 3 nitrogen and oxygen atoms in total. The number of aliphatic hydroxyl groups is 1. The Bertz CT molecular complexity index is 493. The van der Waals surface area contributed by atoms with Crippen LogP contribution in [0.3, 0.4) is 0 Å². The van der Waals surface area contributed by atoms with Gasteiger partial charge in [0.05, 0.1) is 6.61 Å². The highest BCUT2D eigenvalue weighted by molar-refractivity contribution is 5.31. The lowest BCUT2D eigenvalue weighted by atomic mass is 10.1. The lowest BCUT2D eigenvalue weighted by Crippen LogP contribution is -2.22. The first-order valence-corrected chi connectivity index (χ1v) is 6.70. The fourth-order valence-electron chi connectivity index (χ4n) is 1.97. The molecule has 20 heavy (non-hydrogen) atoms. The van der Waals surface area contributed by atoms with Gasteiger partial charge < -0.3 is 14.6 Å². The van der Waals surface area contributed by atoms with E-state index >= 15 is 0 Å². The van der Waals surface area contributed by atoms with Gasteiger partial charge in [0.1, 0.15) is 18.5 Å². The summed E-state index contributed by atoms with van der Waals surface area (Å²) in [7, 11) is 1.56. The maximum absolute atomic E-state index is 9.51. The summed E-state index contributed by atoms with van der Waals surface area (Å²) < 4.78 is 10.3. The van der Waals surface area contributed by atoms with Crippen molar-refractivity contribution in [3.8, 4) is 5.75 Å². The molecule has 0 fully saturated rings. The fourth-order valence-corrected chi connectivity index (χ4v) is 1.97. The lowest BCUT2D eigenvalue weighted by molar-refractivity contribution is 0.0325. The molecule has 1 atom stereocenters. The number of aliphatic hydroxyl groups excluding tert-OH is 1. The molecule has 106 valence electrons. The van der Waals surface area contributed by atoms with E-state index in [2.05, 4.69) is 12.1 Å². The Morgan fingerprint density at radius 1 is 0.900 bits per heavy atom. The van der Waals surface area contributed by atoms with Crippen molar-refractivity contribution in [1.82, 2.24) is 0 Å². The molecule has 2 aromatic rings. The van der Waals surface area contributed by atoms with Crippen LogP contribution in [0, 0.1) is 0 Å². The van der Waals surface area contributed by atoms with Gasteiger partial charge in [-0.05, 0) is 29.7 Å². The second-order valence-corrected chi connectivity index (χ2v) is 4.73. The second-order valence-electron chi connectivity index (χ2n) is 4.73. The Labute approximate surface area is 119 Å². The van der Waals surface area contributed by atoms with E-state index in [9.17, 15) is 5.11 Å². The van der Waals surface area contributed by atoms with Crippen LogP contribution in [0.4, 0.5) is 0 Å². The molecule has 2 aromatic carbocycles. The Morgan fingerprint density at radius 3 is 2.20 bits per heavy atom. The summed E-state index contributed by atoms with van der Waals surface area (Å²) in [6, 6.07) is 18.3. The van der Waals surface area contributed by atoms with Crippen LogP contribution < -0.4 is 4.74 Å². The molecule has 2 rings (SSSR count). The smallest absolute Gasteiger partial charge is 0.119 e. The van der Waals surface area contributed by atoms with Crippen LogP contribution in [-0.2, 0) is 11.2 Å². The van der Waals surface area contributed by atoms with Crippen LogP contribution in [0.15, 0.2) is 54.6 Å². The maximum atomic E-state index is 9.51. The summed E-state index contributed by atoms with van der Waals surface area (Å²) in [6.07, 6.45) is 0.317. The van der Waals surface area contributed by atoms with Gasteiger partial charge in [0, 0.05) is 7.11 Å². The van der Waals surface area contributed by atoms with Gasteiger partial charge in [-0.3, -0.25) is 0 Å². The zero-order valence-electron chi connectivity index (χ0n) is 11.7. The van der Waals surface area contributed by atoms with Gasteiger partial charge in [0.25, 0.3) is 0 Å². The van der Waals surface area contributed by atoms with Crippen molar-refractivity contribution >= 4 is 0 Å². The van der Waals surface area contributed by atoms with Crippen molar-refractivity contribution < 1.29 is 14.6 Å². The van der Waals surface area contributed by atoms with Gasteiger partial charge in [-0.2, -0.15) is 0 Å². The predicted molar refractivity (Wildman–Crippen MR) is 79.1 cm³/mol. The van der Waals surface area contributed by atoms with E-state index in [0.717, 1.165) is 12.2 Å². The third-order valence-electron chi connectivity index (χ3n) is 2.98. The number of hydrogen-bond acceptors (Lipinski definition) is 3. The predicted octanol–water partition coefficient (Wildman–Crippen LogP) is 2.66. The summed E-state index contributed by atoms with van der Waals surface area (Å²) in [4.78, 5) is 0. The van der Waals surface area contributed by atoms with Gasteiger partial charge in [0.15, 0.2) is 0 Å². The largest absolute Gasteiger partial charge is 0.491 e. The molecule has 0 aliphatic heterocycles. The monoisotopic (exact) mass is 272 g/mol. The van der Waals surface area contributed by atoms with Gasteiger partial charge in [-0.25, -0.2) is 0 Å². The minimum atomic E-state index is -0.594. The molecule has 0 heterocycles. The average Bonchev–Trinajstić information content (AvgIpc) is 2.48. The van der Waals surface area contributed by atoms with Crippen LogP contribution in [0.1, 0.15) is 11.1 Å². The summed E-state index contributed by atoms with van der Waals surface area (Å²) in [5.41, 5.74) is 2.53. The summed E-state index contributed by atoms with van der Waals surface area (Å²) in [5.74, 6) is 0.761. The van der Waals surface area contributed by atoms with Gasteiger partial charge in [0.2, 0.25) is 0 Å². The quantitative estimate of drug-likeness (QED) is 0.842. The standard InChI is InChI=1S/C17H20O3/c1-19-12-16(18)13-20-17-9-7-15(8-10-17)11-14-5-3-2-4-6-14/h2-10,16,18H,11-13H2,1H3. The third-order valence-corrected chi connectivity index (χ3v) is 2.98. The molecule has 0 aliphatic carbocycles. The van der Waals surface area contributed by atoms with E-state index in [0.29, 0.717) is 0 Å². The number of hydrogen-bond donors (Lipinski definition) is 1. The van der Waals surface area contributed by atoms with Crippen LogP contribution in [-0.4, -0.2) is 31.5 Å². The zero-order valence-corrected chi connectivity index (χ0v) is 11.7. The average molecular weight is 272 g/mol. The molecule has 0 aliphatic rings. The molecule has 0 bridgehead atoms. The molecular formula is C17H20O3. The van der Waals surface area contributed by atoms with Crippen LogP contribution in [0.5, 0.6) is 5.75 Å². The zero-order chi connectivity index (χ0) is 14.2. The second kappa shape index (κ2) is 7.68. The van der Waals surface area contributed by atoms with E-state index in [-0.39, 0.29) is 13.2 Å². The first kappa shape index (κ1) is 14.6. The molecule has 0 saturated heterocycles. The first-order valence-electron chi connectivity index (χ1n) is 6.70. The van der Waals surface area contributed by atoms with Crippen molar-refractivity contribution in [3.63, 3.8) is 0 Å². The number of ether oxygens (including phenoxy) is 2. The highest BCUT2D eigenvalue weighted by Gasteiger charge is 2.04. The number of benzene rings is 2. The summed E-state index contributed by atoms with van der Waals surface area (Å²) >= 11 is 0. The van der Waals surface area contributed by atoms with Crippen molar-refractivity contribution in [2.75, 3.05) is 20.3 Å². The van der Waals surface area contributed by atoms with E-state index in [4.69, 9.17) is 9.47 Å². The topological polar surface area (TPSA) is 38.7 Å². The van der Waals surface area contributed by atoms with Gasteiger partial charge in [-0.15, -0.1) is 0 Å². The van der Waals surface area contributed by atoms with Crippen LogP contribution >= 0.6 is 0 Å². The normalized spacial score (nSPS) is 12.1. The molecule has 0 aromatic heterocycles. The van der Waals surface area contributed by atoms with Crippen molar-refractivity contribution in [1.29, 1.82) is 0 Å². The number of rotatable bonds is 7. The maximum Gasteiger partial charge on any atom is 0.119 e. The molecule has 0 spiro atoms. The van der Waals surface area contributed by atoms with Crippen LogP contribution in [0.2, 0.25) is 0 Å². The van der Waals surface area contributed by atoms with Crippen molar-refractivity contribution in [2.45, 2.75) is 12.5 Å². The van der Waals surface area contributed by atoms with Gasteiger partial charge in [-0.1, -0.05) is 42.5 Å². The summed E-state index contributed by atoms with van der Waals surface area (Å²) in [6.45, 7) is 0.526. The molecule has 1 N–H and O–H groups in total.